The first-order valence-corrected chi connectivity index (χ1v) is 5.89. The number of aromatic nitrogens is 2. The number of anilines is 1. The van der Waals surface area contributed by atoms with E-state index in [0.717, 1.165) is 16.6 Å². The van der Waals surface area contributed by atoms with Gasteiger partial charge in [-0.05, 0) is 24.1 Å². The number of ether oxygens (including phenoxy) is 1. The minimum Gasteiger partial charge on any atom is -0.383 e. The van der Waals surface area contributed by atoms with E-state index in [2.05, 4.69) is 41.5 Å². The molecule has 0 aliphatic heterocycles. The summed E-state index contributed by atoms with van der Waals surface area (Å²) in [5.74, 6) is 0.523. The van der Waals surface area contributed by atoms with E-state index < -0.39 is 0 Å². The highest BCUT2D eigenvalue weighted by Crippen LogP contribution is 2.19. The van der Waals surface area contributed by atoms with Gasteiger partial charge in [0.1, 0.15) is 0 Å². The predicted molar refractivity (Wildman–Crippen MR) is 70.2 cm³/mol. The summed E-state index contributed by atoms with van der Waals surface area (Å²) in [5, 5.41) is 11.6. The average Bonchev–Trinajstić information content (AvgIpc) is 2.75. The van der Waals surface area contributed by atoms with Crippen LogP contribution in [0.1, 0.15) is 13.8 Å². The molecule has 0 radical (unpaired) electrons. The van der Waals surface area contributed by atoms with Gasteiger partial charge in [0.2, 0.25) is 0 Å². The molecule has 0 spiro atoms. The van der Waals surface area contributed by atoms with Crippen LogP contribution >= 0.6 is 0 Å². The number of hydrogen-bond acceptors (Lipinski definition) is 3. The molecule has 2 rings (SSSR count). The Labute approximate surface area is 101 Å². The van der Waals surface area contributed by atoms with Crippen LogP contribution in [0.3, 0.4) is 0 Å². The fourth-order valence-corrected chi connectivity index (χ4v) is 1.83. The summed E-state index contributed by atoms with van der Waals surface area (Å²) in [4.78, 5) is 0. The number of nitrogens with one attached hydrogen (secondary N) is 2. The fraction of sp³-hybridized carbons (Fsp3) is 0.462. The first kappa shape index (κ1) is 11.9. The Morgan fingerprint density at radius 1 is 1.41 bits per heavy atom. The molecule has 1 atom stereocenters. The Morgan fingerprint density at radius 2 is 2.24 bits per heavy atom. The van der Waals surface area contributed by atoms with Crippen molar-refractivity contribution in [1.29, 1.82) is 0 Å². The molecule has 0 fully saturated rings. The molecule has 2 N–H and O–H groups in total. The van der Waals surface area contributed by atoms with Crippen molar-refractivity contribution in [3.63, 3.8) is 0 Å². The SMILES string of the molecule is COCC(Nc1ccc2[nH]ncc2c1)C(C)C. The lowest BCUT2D eigenvalue weighted by atomic mass is 10.0. The molecule has 1 unspecified atom stereocenters. The van der Waals surface area contributed by atoms with E-state index in [0.29, 0.717) is 18.6 Å². The molecule has 17 heavy (non-hydrogen) atoms. The minimum absolute atomic E-state index is 0.323. The number of fused-ring (bicyclic) bond motifs is 1. The molecule has 4 heteroatoms. The summed E-state index contributed by atoms with van der Waals surface area (Å²) < 4.78 is 5.23. The number of benzene rings is 1. The third kappa shape index (κ3) is 2.77. The molecule has 0 amide bonds. The van der Waals surface area contributed by atoms with E-state index >= 15 is 0 Å². The largest absolute Gasteiger partial charge is 0.383 e. The van der Waals surface area contributed by atoms with Crippen LogP contribution in [-0.4, -0.2) is 30.0 Å². The molecular formula is C13H19N3O. The third-order valence-electron chi connectivity index (χ3n) is 2.94. The minimum atomic E-state index is 0.323. The second-order valence-corrected chi connectivity index (χ2v) is 4.62. The molecule has 0 bridgehead atoms. The molecule has 92 valence electrons. The lowest BCUT2D eigenvalue weighted by Gasteiger charge is -2.22. The van der Waals surface area contributed by atoms with E-state index in [1.165, 1.54) is 0 Å². The van der Waals surface area contributed by atoms with Crippen molar-refractivity contribution < 1.29 is 4.74 Å². The normalized spacial score (nSPS) is 13.2. The van der Waals surface area contributed by atoms with Gasteiger partial charge < -0.3 is 10.1 Å². The van der Waals surface area contributed by atoms with Gasteiger partial charge in [0, 0.05) is 18.2 Å². The van der Waals surface area contributed by atoms with Crippen LogP contribution in [0.25, 0.3) is 10.9 Å². The van der Waals surface area contributed by atoms with E-state index in [4.69, 9.17) is 4.74 Å². The average molecular weight is 233 g/mol. The number of rotatable bonds is 5. The molecule has 1 aromatic heterocycles. The predicted octanol–water partition coefficient (Wildman–Crippen LogP) is 2.65. The molecule has 0 aliphatic carbocycles. The smallest absolute Gasteiger partial charge is 0.0666 e. The Balaban J connectivity index is 2.15. The molecule has 2 aromatic rings. The monoisotopic (exact) mass is 233 g/mol. The maximum Gasteiger partial charge on any atom is 0.0666 e. The van der Waals surface area contributed by atoms with Gasteiger partial charge in [0.25, 0.3) is 0 Å². The number of H-pyrrole nitrogens is 1. The summed E-state index contributed by atoms with van der Waals surface area (Å²) in [7, 11) is 1.73. The van der Waals surface area contributed by atoms with Crippen LogP contribution in [0.2, 0.25) is 0 Å². The van der Waals surface area contributed by atoms with E-state index in [1.807, 2.05) is 12.3 Å². The molecule has 0 saturated heterocycles. The van der Waals surface area contributed by atoms with Crippen molar-refractivity contribution >= 4 is 16.6 Å². The van der Waals surface area contributed by atoms with E-state index in [1.54, 1.807) is 7.11 Å². The van der Waals surface area contributed by atoms with Crippen molar-refractivity contribution in [3.05, 3.63) is 24.4 Å². The second kappa shape index (κ2) is 5.19. The van der Waals surface area contributed by atoms with Gasteiger partial charge in [0.15, 0.2) is 0 Å². The quantitative estimate of drug-likeness (QED) is 0.834. The van der Waals surface area contributed by atoms with Crippen LogP contribution in [0.5, 0.6) is 0 Å². The Bertz CT molecular complexity index is 478. The summed E-state index contributed by atoms with van der Waals surface area (Å²) in [6, 6.07) is 6.52. The summed E-state index contributed by atoms with van der Waals surface area (Å²) in [6.45, 7) is 5.08. The van der Waals surface area contributed by atoms with Gasteiger partial charge in [-0.25, -0.2) is 0 Å². The van der Waals surface area contributed by atoms with Gasteiger partial charge in [0.05, 0.1) is 24.4 Å². The van der Waals surface area contributed by atoms with Crippen molar-refractivity contribution in [2.75, 3.05) is 19.0 Å². The number of methoxy groups -OCH3 is 1. The molecule has 0 saturated carbocycles. The van der Waals surface area contributed by atoms with Gasteiger partial charge in [-0.15, -0.1) is 0 Å². The zero-order chi connectivity index (χ0) is 12.3. The first-order chi connectivity index (χ1) is 8.20. The Morgan fingerprint density at radius 3 is 2.94 bits per heavy atom. The Kier molecular flexibility index (Phi) is 3.64. The maximum absolute atomic E-state index is 5.23. The topological polar surface area (TPSA) is 49.9 Å². The van der Waals surface area contributed by atoms with Crippen LogP contribution < -0.4 is 5.32 Å². The van der Waals surface area contributed by atoms with Crippen molar-refractivity contribution in [1.82, 2.24) is 10.2 Å². The molecule has 1 heterocycles. The van der Waals surface area contributed by atoms with Crippen molar-refractivity contribution in [3.8, 4) is 0 Å². The molecule has 1 aromatic carbocycles. The lowest BCUT2D eigenvalue weighted by molar-refractivity contribution is 0.171. The zero-order valence-electron chi connectivity index (χ0n) is 10.5. The zero-order valence-corrected chi connectivity index (χ0v) is 10.5. The fourth-order valence-electron chi connectivity index (χ4n) is 1.83. The molecule has 0 aliphatic rings. The maximum atomic E-state index is 5.23. The van der Waals surface area contributed by atoms with Gasteiger partial charge >= 0.3 is 0 Å². The van der Waals surface area contributed by atoms with Gasteiger partial charge in [-0.3, -0.25) is 5.10 Å². The Hall–Kier alpha value is -1.55. The standard InChI is InChI=1S/C13H19N3O/c1-9(2)13(8-17-3)15-11-4-5-12-10(6-11)7-14-16-12/h4-7,9,13,15H,8H2,1-3H3,(H,14,16). The summed E-state index contributed by atoms with van der Waals surface area (Å²) >= 11 is 0. The summed E-state index contributed by atoms with van der Waals surface area (Å²) in [6.07, 6.45) is 1.83. The van der Waals surface area contributed by atoms with Crippen LogP contribution in [0.15, 0.2) is 24.4 Å². The van der Waals surface area contributed by atoms with E-state index in [9.17, 15) is 0 Å². The van der Waals surface area contributed by atoms with Gasteiger partial charge in [-0.1, -0.05) is 13.8 Å². The second-order valence-electron chi connectivity index (χ2n) is 4.62. The highest BCUT2D eigenvalue weighted by Gasteiger charge is 2.12. The first-order valence-electron chi connectivity index (χ1n) is 5.89. The van der Waals surface area contributed by atoms with Crippen LogP contribution in [0.4, 0.5) is 5.69 Å². The highest BCUT2D eigenvalue weighted by molar-refractivity contribution is 5.81. The van der Waals surface area contributed by atoms with Crippen molar-refractivity contribution in [2.45, 2.75) is 19.9 Å². The van der Waals surface area contributed by atoms with E-state index in [-0.39, 0.29) is 0 Å². The highest BCUT2D eigenvalue weighted by atomic mass is 16.5. The molecule has 4 nitrogen and oxygen atoms in total. The van der Waals surface area contributed by atoms with Gasteiger partial charge in [-0.2, -0.15) is 5.10 Å². The molecular weight excluding hydrogens is 214 g/mol. The number of aromatic amines is 1. The number of hydrogen-bond donors (Lipinski definition) is 2. The third-order valence-corrected chi connectivity index (χ3v) is 2.94. The van der Waals surface area contributed by atoms with Crippen LogP contribution in [-0.2, 0) is 4.74 Å². The van der Waals surface area contributed by atoms with Crippen molar-refractivity contribution in [2.24, 2.45) is 5.92 Å². The summed E-state index contributed by atoms with van der Waals surface area (Å²) in [5.41, 5.74) is 2.16. The van der Waals surface area contributed by atoms with Crippen LogP contribution in [0, 0.1) is 5.92 Å². The number of nitrogens with zero attached hydrogens (tertiary/aromatic N) is 1. The lowest BCUT2D eigenvalue weighted by Crippen LogP contribution is -2.30.